The van der Waals surface area contributed by atoms with Gasteiger partial charge in [-0.15, -0.1) is 0 Å². The molecular formula is C20H22N2O4S. The Morgan fingerprint density at radius 2 is 1.74 bits per heavy atom. The number of esters is 1. The molecule has 0 amide bonds. The lowest BCUT2D eigenvalue weighted by Crippen LogP contribution is -2.46. The van der Waals surface area contributed by atoms with Gasteiger partial charge in [-0.05, 0) is 37.1 Å². The Morgan fingerprint density at radius 3 is 2.41 bits per heavy atom. The minimum Gasteiger partial charge on any atom is -0.423 e. The number of hydrogen-bond donors (Lipinski definition) is 2. The van der Waals surface area contributed by atoms with Crippen LogP contribution in [0.4, 0.5) is 0 Å². The summed E-state index contributed by atoms with van der Waals surface area (Å²) >= 11 is 0. The highest BCUT2D eigenvalue weighted by atomic mass is 32.2. The van der Waals surface area contributed by atoms with Crippen molar-refractivity contribution in [2.45, 2.75) is 31.7 Å². The summed E-state index contributed by atoms with van der Waals surface area (Å²) in [7, 11) is -3.85. The molecule has 0 aliphatic heterocycles. The molecule has 2 N–H and O–H groups in total. The van der Waals surface area contributed by atoms with Gasteiger partial charge in [-0.25, -0.2) is 13.2 Å². The SMILES string of the molecule is Cc1ccc(S(=O)(=O)N[C@H](C(=O)Oc2c[nH]c3ccccc23)C(C)C)cc1. The average molecular weight is 386 g/mol. The first-order chi connectivity index (χ1) is 12.8. The maximum Gasteiger partial charge on any atom is 0.329 e. The number of carbonyl (C=O) groups is 1. The van der Waals surface area contributed by atoms with Crippen molar-refractivity contribution in [2.24, 2.45) is 5.92 Å². The van der Waals surface area contributed by atoms with E-state index in [2.05, 4.69) is 9.71 Å². The quantitative estimate of drug-likeness (QED) is 0.636. The van der Waals surface area contributed by atoms with Crippen molar-refractivity contribution in [3.63, 3.8) is 0 Å². The number of rotatable bonds is 6. The Bertz CT molecular complexity index is 1050. The predicted molar refractivity (Wildman–Crippen MR) is 104 cm³/mol. The third kappa shape index (κ3) is 4.20. The molecular weight excluding hydrogens is 364 g/mol. The van der Waals surface area contributed by atoms with E-state index < -0.39 is 22.0 Å². The first kappa shape index (κ1) is 19.1. The van der Waals surface area contributed by atoms with E-state index in [0.29, 0.717) is 5.75 Å². The lowest BCUT2D eigenvalue weighted by molar-refractivity contribution is -0.137. The monoisotopic (exact) mass is 386 g/mol. The van der Waals surface area contributed by atoms with Crippen LogP contribution in [0.1, 0.15) is 19.4 Å². The average Bonchev–Trinajstić information content (AvgIpc) is 3.03. The molecule has 0 saturated carbocycles. The first-order valence-corrected chi connectivity index (χ1v) is 10.1. The molecule has 0 spiro atoms. The number of hydrogen-bond acceptors (Lipinski definition) is 4. The Labute approximate surface area is 158 Å². The number of benzene rings is 2. The van der Waals surface area contributed by atoms with Gasteiger partial charge in [0.1, 0.15) is 6.04 Å². The fourth-order valence-corrected chi connectivity index (χ4v) is 4.04. The van der Waals surface area contributed by atoms with Crippen LogP contribution in [0.3, 0.4) is 0 Å². The van der Waals surface area contributed by atoms with Crippen LogP contribution in [-0.4, -0.2) is 25.4 Å². The number of H-pyrrole nitrogens is 1. The summed E-state index contributed by atoms with van der Waals surface area (Å²) in [6.45, 7) is 5.40. The van der Waals surface area contributed by atoms with E-state index in [1.807, 2.05) is 31.2 Å². The van der Waals surface area contributed by atoms with Crippen molar-refractivity contribution in [3.05, 3.63) is 60.3 Å². The summed E-state index contributed by atoms with van der Waals surface area (Å²) < 4.78 is 33.3. The summed E-state index contributed by atoms with van der Waals surface area (Å²) in [5.74, 6) is -0.566. The van der Waals surface area contributed by atoms with Gasteiger partial charge in [0.15, 0.2) is 5.75 Å². The molecule has 142 valence electrons. The molecule has 1 heterocycles. The first-order valence-electron chi connectivity index (χ1n) is 8.65. The minimum absolute atomic E-state index is 0.110. The molecule has 0 radical (unpaired) electrons. The Hall–Kier alpha value is -2.64. The fraction of sp³-hybridized carbons (Fsp3) is 0.250. The molecule has 0 aliphatic carbocycles. The van der Waals surface area contributed by atoms with Gasteiger partial charge in [-0.3, -0.25) is 0 Å². The number of aryl methyl sites for hydroxylation is 1. The van der Waals surface area contributed by atoms with Crippen molar-refractivity contribution < 1.29 is 17.9 Å². The van der Waals surface area contributed by atoms with Gasteiger partial charge in [-0.1, -0.05) is 43.7 Å². The molecule has 3 rings (SSSR count). The molecule has 0 bridgehead atoms. The lowest BCUT2D eigenvalue weighted by atomic mass is 10.1. The van der Waals surface area contributed by atoms with Crippen molar-refractivity contribution in [1.82, 2.24) is 9.71 Å². The number of para-hydroxylation sites is 1. The van der Waals surface area contributed by atoms with Gasteiger partial charge < -0.3 is 9.72 Å². The second-order valence-corrected chi connectivity index (χ2v) is 8.49. The van der Waals surface area contributed by atoms with Crippen molar-refractivity contribution in [1.29, 1.82) is 0 Å². The van der Waals surface area contributed by atoms with Crippen LogP contribution in [0.25, 0.3) is 10.9 Å². The second-order valence-electron chi connectivity index (χ2n) is 6.78. The van der Waals surface area contributed by atoms with Crippen LogP contribution in [0, 0.1) is 12.8 Å². The normalized spacial score (nSPS) is 13.0. The van der Waals surface area contributed by atoms with Crippen LogP contribution in [0.15, 0.2) is 59.6 Å². The maximum atomic E-state index is 12.7. The number of aromatic amines is 1. The van der Waals surface area contributed by atoms with E-state index in [0.717, 1.165) is 16.5 Å². The Morgan fingerprint density at radius 1 is 1.07 bits per heavy atom. The number of nitrogens with one attached hydrogen (secondary N) is 2. The van der Waals surface area contributed by atoms with E-state index in [9.17, 15) is 13.2 Å². The molecule has 2 aromatic carbocycles. The predicted octanol–water partition coefficient (Wildman–Crippen LogP) is 3.38. The molecule has 0 fully saturated rings. The standard InChI is InChI=1S/C20H22N2O4S/c1-13(2)19(22-27(24,25)15-10-8-14(3)9-11-15)20(23)26-18-12-21-17-7-5-4-6-16(17)18/h4-13,19,21-22H,1-3H3/t19-/m0/s1. The van der Waals surface area contributed by atoms with Crippen LogP contribution in [-0.2, 0) is 14.8 Å². The van der Waals surface area contributed by atoms with Gasteiger partial charge in [0, 0.05) is 17.1 Å². The van der Waals surface area contributed by atoms with Gasteiger partial charge in [-0.2, -0.15) is 4.72 Å². The van der Waals surface area contributed by atoms with Crippen LogP contribution < -0.4 is 9.46 Å². The number of fused-ring (bicyclic) bond motifs is 1. The highest BCUT2D eigenvalue weighted by Crippen LogP contribution is 2.25. The van der Waals surface area contributed by atoms with Gasteiger partial charge >= 0.3 is 5.97 Å². The third-order valence-electron chi connectivity index (χ3n) is 4.30. The molecule has 27 heavy (non-hydrogen) atoms. The molecule has 1 atom stereocenters. The van der Waals surface area contributed by atoms with E-state index >= 15 is 0 Å². The van der Waals surface area contributed by atoms with Crippen LogP contribution >= 0.6 is 0 Å². The molecule has 7 heteroatoms. The summed E-state index contributed by atoms with van der Waals surface area (Å²) in [5.41, 5.74) is 1.79. The zero-order valence-electron chi connectivity index (χ0n) is 15.4. The van der Waals surface area contributed by atoms with Gasteiger partial charge in [0.05, 0.1) is 4.90 Å². The van der Waals surface area contributed by atoms with Crippen molar-refractivity contribution in [3.8, 4) is 5.75 Å². The molecule has 0 saturated heterocycles. The van der Waals surface area contributed by atoms with Crippen molar-refractivity contribution >= 4 is 26.9 Å². The fourth-order valence-electron chi connectivity index (χ4n) is 2.71. The summed E-state index contributed by atoms with van der Waals surface area (Å²) in [4.78, 5) is 15.8. The zero-order chi connectivity index (χ0) is 19.6. The van der Waals surface area contributed by atoms with Crippen LogP contribution in [0.5, 0.6) is 5.75 Å². The molecule has 0 aliphatic rings. The summed E-state index contributed by atoms with van der Waals surface area (Å²) in [6, 6.07) is 12.9. The smallest absolute Gasteiger partial charge is 0.329 e. The van der Waals surface area contributed by atoms with Crippen molar-refractivity contribution in [2.75, 3.05) is 0 Å². The summed E-state index contributed by atoms with van der Waals surface area (Å²) in [6.07, 6.45) is 1.59. The lowest BCUT2D eigenvalue weighted by Gasteiger charge is -2.20. The third-order valence-corrected chi connectivity index (χ3v) is 5.75. The number of carbonyl (C=O) groups excluding carboxylic acids is 1. The van der Waals surface area contributed by atoms with Crippen LogP contribution in [0.2, 0.25) is 0 Å². The molecule has 6 nitrogen and oxygen atoms in total. The second kappa shape index (κ2) is 7.54. The van der Waals surface area contributed by atoms with Gasteiger partial charge in [0.2, 0.25) is 10.0 Å². The number of ether oxygens (including phenoxy) is 1. The van der Waals surface area contributed by atoms with E-state index in [1.165, 1.54) is 12.1 Å². The molecule has 1 aromatic heterocycles. The Balaban J connectivity index is 1.82. The van der Waals surface area contributed by atoms with E-state index in [1.54, 1.807) is 32.2 Å². The van der Waals surface area contributed by atoms with E-state index in [-0.39, 0.29) is 10.8 Å². The maximum absolute atomic E-state index is 12.7. The number of sulfonamides is 1. The molecule has 0 unspecified atom stereocenters. The zero-order valence-corrected chi connectivity index (χ0v) is 16.2. The highest BCUT2D eigenvalue weighted by Gasteiger charge is 2.30. The molecule has 3 aromatic rings. The Kier molecular flexibility index (Phi) is 5.34. The minimum atomic E-state index is -3.85. The largest absolute Gasteiger partial charge is 0.423 e. The number of aromatic nitrogens is 1. The van der Waals surface area contributed by atoms with Gasteiger partial charge in [0.25, 0.3) is 0 Å². The summed E-state index contributed by atoms with van der Waals surface area (Å²) in [5, 5.41) is 0.759. The topological polar surface area (TPSA) is 88.3 Å². The van der Waals surface area contributed by atoms with E-state index in [4.69, 9.17) is 4.74 Å². The highest BCUT2D eigenvalue weighted by molar-refractivity contribution is 7.89.